The van der Waals surface area contributed by atoms with Crippen LogP contribution >= 0.6 is 34.8 Å². The first kappa shape index (κ1) is 30.1. The maximum Gasteiger partial charge on any atom is 1.00 e. The molecule has 0 bridgehead atoms. The molecule has 0 aliphatic carbocycles. The Hall–Kier alpha value is 0.200. The molecule has 8 nitrogen and oxygen atoms in total. The van der Waals surface area contributed by atoms with Crippen molar-refractivity contribution in [3.63, 3.8) is 0 Å². The van der Waals surface area contributed by atoms with Gasteiger partial charge in [-0.15, -0.1) is 0 Å². The average Bonchev–Trinajstić information content (AvgIpc) is 2.29. The van der Waals surface area contributed by atoms with Gasteiger partial charge in [0.05, 0.1) is 18.7 Å². The molecule has 0 aliphatic rings. The van der Waals surface area contributed by atoms with Crippen LogP contribution in [0.25, 0.3) is 0 Å². The molecule has 0 saturated heterocycles. The van der Waals surface area contributed by atoms with E-state index in [1.54, 1.807) is 6.92 Å². The van der Waals surface area contributed by atoms with Crippen molar-refractivity contribution in [1.29, 1.82) is 0 Å². The topological polar surface area (TPSA) is 144 Å². The van der Waals surface area contributed by atoms with Crippen molar-refractivity contribution in [3.8, 4) is 0 Å². The van der Waals surface area contributed by atoms with Crippen molar-refractivity contribution in [2.75, 3.05) is 6.61 Å². The Morgan fingerprint density at radius 3 is 1.45 bits per heavy atom. The summed E-state index contributed by atoms with van der Waals surface area (Å²) < 4.78 is 2.44. The number of hydrogen-bond acceptors (Lipinski definition) is 7. The van der Waals surface area contributed by atoms with Crippen molar-refractivity contribution in [3.05, 3.63) is 0 Å². The monoisotopic (exact) mass is 392 g/mol. The van der Waals surface area contributed by atoms with E-state index in [2.05, 4.69) is 4.74 Å². The van der Waals surface area contributed by atoms with Gasteiger partial charge in [-0.25, -0.2) is 9.59 Å². The van der Waals surface area contributed by atoms with Crippen molar-refractivity contribution >= 4 is 52.7 Å². The van der Waals surface area contributed by atoms with Gasteiger partial charge in [0, 0.05) is 0 Å². The third-order valence-corrected chi connectivity index (χ3v) is 1.67. The zero-order chi connectivity index (χ0) is 17.8. The predicted octanol–water partition coefficient (Wildman–Crippen LogP) is -3.51. The standard InChI is InChI=1S/C4H5Cl3O2.2C3H6O3.Na/c1-2-9-3(8)4(5,6)7;2*1-2(4)3(5)6;/h2H2,1H3;2*2,4H,1H3,(H,5,6);/q;;;+1/p-1. The minimum absolute atomic E-state index is 0. The van der Waals surface area contributed by atoms with Crippen LogP contribution in [-0.4, -0.2) is 55.8 Å². The van der Waals surface area contributed by atoms with Gasteiger partial charge in [-0.2, -0.15) is 0 Å². The first-order chi connectivity index (χ1) is 9.27. The Morgan fingerprint density at radius 1 is 1.14 bits per heavy atom. The van der Waals surface area contributed by atoms with Gasteiger partial charge in [-0.3, -0.25) is 0 Å². The van der Waals surface area contributed by atoms with E-state index in [1.807, 2.05) is 0 Å². The number of halogens is 3. The Kier molecular flexibility index (Phi) is 22.0. The fourth-order valence-corrected chi connectivity index (χ4v) is 0.377. The molecule has 0 heterocycles. The second kappa shape index (κ2) is 16.1. The van der Waals surface area contributed by atoms with Crippen LogP contribution in [-0.2, 0) is 19.1 Å². The average molecular weight is 394 g/mol. The van der Waals surface area contributed by atoms with Crippen LogP contribution in [0.3, 0.4) is 0 Å². The molecule has 0 rings (SSSR count). The third kappa shape index (κ3) is 25.2. The number of rotatable bonds is 3. The summed E-state index contributed by atoms with van der Waals surface area (Å²) in [5, 5.41) is 33.1. The number of carboxylic acid groups (broad SMARTS) is 2. The summed E-state index contributed by atoms with van der Waals surface area (Å²) in [5.74, 6) is -3.46. The molecule has 0 radical (unpaired) electrons. The number of carbonyl (C=O) groups excluding carboxylic acids is 2. The largest absolute Gasteiger partial charge is 1.00 e. The van der Waals surface area contributed by atoms with Crippen LogP contribution in [0.5, 0.6) is 0 Å². The van der Waals surface area contributed by atoms with Crippen molar-refractivity contribution in [2.24, 2.45) is 0 Å². The molecule has 0 fully saturated rings. The Labute approximate surface area is 164 Å². The summed E-state index contributed by atoms with van der Waals surface area (Å²) in [4.78, 5) is 29.2. The fourth-order valence-electron chi connectivity index (χ4n) is 0.213. The van der Waals surface area contributed by atoms with Crippen molar-refractivity contribution < 1.29 is 69.1 Å². The van der Waals surface area contributed by atoms with Gasteiger partial charge in [0.2, 0.25) is 0 Å². The summed E-state index contributed by atoms with van der Waals surface area (Å²) in [7, 11) is 0. The number of aliphatic hydroxyl groups excluding tert-OH is 2. The van der Waals surface area contributed by atoms with Crippen molar-refractivity contribution in [2.45, 2.75) is 36.8 Å². The van der Waals surface area contributed by atoms with Gasteiger partial charge in [0.15, 0.2) is 0 Å². The number of hydrogen-bond donors (Lipinski definition) is 3. The Balaban J connectivity index is -0.000000112. The minimum atomic E-state index is -1.93. The molecule has 22 heavy (non-hydrogen) atoms. The molecular formula is C10H16Cl3NaO8. The summed E-state index contributed by atoms with van der Waals surface area (Å²) in [6.45, 7) is 4.18. The maximum absolute atomic E-state index is 10.4. The van der Waals surface area contributed by atoms with E-state index in [9.17, 15) is 19.5 Å². The van der Waals surface area contributed by atoms with Gasteiger partial charge in [-0.05, 0) is 20.8 Å². The van der Waals surface area contributed by atoms with E-state index >= 15 is 0 Å². The van der Waals surface area contributed by atoms with E-state index in [4.69, 9.17) is 50.1 Å². The first-order valence-electron chi connectivity index (χ1n) is 5.31. The smallest absolute Gasteiger partial charge is 0.547 e. The number of esters is 1. The van der Waals surface area contributed by atoms with Gasteiger partial charge >= 0.3 is 41.5 Å². The van der Waals surface area contributed by atoms with Crippen LogP contribution in [0.4, 0.5) is 0 Å². The van der Waals surface area contributed by atoms with Crippen LogP contribution in [0, 0.1) is 0 Å². The van der Waals surface area contributed by atoms with Gasteiger partial charge < -0.3 is 30.0 Å². The van der Waals surface area contributed by atoms with Crippen LogP contribution in [0.2, 0.25) is 0 Å². The van der Waals surface area contributed by atoms with Crippen molar-refractivity contribution in [1.82, 2.24) is 0 Å². The molecule has 2 atom stereocenters. The second-order valence-corrected chi connectivity index (χ2v) is 5.51. The van der Waals surface area contributed by atoms with E-state index in [0.717, 1.165) is 6.92 Å². The molecule has 0 aromatic rings. The zero-order valence-corrected chi connectivity index (χ0v) is 16.6. The number of carboxylic acids is 2. The molecule has 0 saturated carbocycles. The minimum Gasteiger partial charge on any atom is -0.547 e. The summed E-state index contributed by atoms with van der Waals surface area (Å²) >= 11 is 15.4. The molecular weight excluding hydrogens is 377 g/mol. The number of alkyl halides is 3. The molecule has 12 heteroatoms. The van der Waals surface area contributed by atoms with Crippen LogP contribution in [0.15, 0.2) is 0 Å². The van der Waals surface area contributed by atoms with Crippen LogP contribution in [0.1, 0.15) is 20.8 Å². The molecule has 0 aromatic carbocycles. The van der Waals surface area contributed by atoms with E-state index < -0.39 is 33.9 Å². The van der Waals surface area contributed by atoms with E-state index in [-0.39, 0.29) is 36.2 Å². The van der Waals surface area contributed by atoms with E-state index in [1.165, 1.54) is 6.92 Å². The predicted molar refractivity (Wildman–Crippen MR) is 72.9 cm³/mol. The SMILES string of the molecule is CC(O)C(=O)O.CC(O)C(=O)[O-].CCOC(=O)C(Cl)(Cl)Cl.[Na+]. The zero-order valence-electron chi connectivity index (χ0n) is 12.4. The summed E-state index contributed by atoms with van der Waals surface area (Å²) in [6, 6.07) is 0. The molecule has 2 unspecified atom stereocenters. The maximum atomic E-state index is 10.4. The molecule has 0 aliphatic heterocycles. The normalized spacial score (nSPS) is 12.0. The Morgan fingerprint density at radius 2 is 1.41 bits per heavy atom. The molecule has 0 aromatic heterocycles. The Bertz CT molecular complexity index is 313. The van der Waals surface area contributed by atoms with Gasteiger partial charge in [-0.1, -0.05) is 34.8 Å². The van der Waals surface area contributed by atoms with Crippen LogP contribution < -0.4 is 34.7 Å². The van der Waals surface area contributed by atoms with Gasteiger partial charge in [0.25, 0.3) is 3.79 Å². The number of ether oxygens (including phenoxy) is 1. The molecule has 0 amide bonds. The third-order valence-electron chi connectivity index (χ3n) is 1.21. The fraction of sp³-hybridized carbons (Fsp3) is 0.700. The number of carbonyl (C=O) groups is 3. The second-order valence-electron chi connectivity index (χ2n) is 3.23. The molecule has 0 spiro atoms. The first-order valence-corrected chi connectivity index (χ1v) is 6.44. The molecule has 3 N–H and O–H groups in total. The van der Waals surface area contributed by atoms with E-state index in [0.29, 0.717) is 0 Å². The molecule has 126 valence electrons. The summed E-state index contributed by atoms with van der Waals surface area (Å²) in [5.41, 5.74) is 0. The number of aliphatic hydroxyl groups is 2. The van der Waals surface area contributed by atoms with Gasteiger partial charge in [0.1, 0.15) is 6.10 Å². The quantitative estimate of drug-likeness (QED) is 0.254. The number of aliphatic carboxylic acids is 2. The summed E-state index contributed by atoms with van der Waals surface area (Å²) in [6.07, 6.45) is -2.57.